The van der Waals surface area contributed by atoms with Crippen molar-refractivity contribution < 1.29 is 0 Å². The Morgan fingerprint density at radius 3 is 2.45 bits per heavy atom. The first-order chi connectivity index (χ1) is 9.61. The van der Waals surface area contributed by atoms with Crippen molar-refractivity contribution in [3.05, 3.63) is 90.5 Å². The molecule has 0 fully saturated rings. The van der Waals surface area contributed by atoms with E-state index in [9.17, 15) is 0 Å². The maximum absolute atomic E-state index is 3.96. The van der Waals surface area contributed by atoms with Gasteiger partial charge in [-0.15, -0.1) is 0 Å². The highest BCUT2D eigenvalue weighted by Crippen LogP contribution is 2.30. The Labute approximate surface area is 121 Å². The second-order valence-electron chi connectivity index (χ2n) is 5.07. The molecule has 0 aromatic heterocycles. The maximum atomic E-state index is 3.96. The second kappa shape index (κ2) is 6.21. The van der Waals surface area contributed by atoms with Gasteiger partial charge in [0.15, 0.2) is 0 Å². The van der Waals surface area contributed by atoms with Crippen LogP contribution in [0.4, 0.5) is 0 Å². The van der Waals surface area contributed by atoms with Gasteiger partial charge in [-0.3, -0.25) is 0 Å². The van der Waals surface area contributed by atoms with Crippen molar-refractivity contribution in [2.24, 2.45) is 0 Å². The van der Waals surface area contributed by atoms with Gasteiger partial charge in [0.25, 0.3) is 0 Å². The van der Waals surface area contributed by atoms with E-state index in [1.807, 2.05) is 13.0 Å². The molecule has 0 atom stereocenters. The fourth-order valence-corrected chi connectivity index (χ4v) is 2.31. The highest BCUT2D eigenvalue weighted by Gasteiger charge is 2.07. The summed E-state index contributed by atoms with van der Waals surface area (Å²) in [5, 5.41) is 0. The number of rotatable bonds is 4. The van der Waals surface area contributed by atoms with Crippen molar-refractivity contribution in [1.82, 2.24) is 0 Å². The summed E-state index contributed by atoms with van der Waals surface area (Å²) in [7, 11) is 0. The lowest BCUT2D eigenvalue weighted by Gasteiger charge is -2.11. The number of allylic oxidation sites excluding steroid dienone is 4. The molecule has 0 saturated carbocycles. The number of benzene rings is 2. The Balaban J connectivity index is 2.62. The van der Waals surface area contributed by atoms with Gasteiger partial charge in [0, 0.05) is 0 Å². The van der Waals surface area contributed by atoms with Gasteiger partial charge in [-0.05, 0) is 36.1 Å². The Morgan fingerprint density at radius 1 is 1.05 bits per heavy atom. The molecule has 20 heavy (non-hydrogen) atoms. The molecular formula is C20H20. The van der Waals surface area contributed by atoms with Crippen LogP contribution in [-0.4, -0.2) is 0 Å². The van der Waals surface area contributed by atoms with Crippen LogP contribution in [0.3, 0.4) is 0 Å². The number of aryl methyl sites for hydroxylation is 1. The van der Waals surface area contributed by atoms with Gasteiger partial charge in [0.2, 0.25) is 0 Å². The van der Waals surface area contributed by atoms with Gasteiger partial charge >= 0.3 is 0 Å². The molecule has 0 aliphatic heterocycles. The van der Waals surface area contributed by atoms with Crippen LogP contribution in [0.2, 0.25) is 0 Å². The molecule has 0 unspecified atom stereocenters. The Kier molecular flexibility index (Phi) is 4.37. The molecule has 0 spiro atoms. The largest absolute Gasteiger partial charge is 0.0984 e. The molecule has 0 aliphatic rings. The van der Waals surface area contributed by atoms with Crippen molar-refractivity contribution in [2.75, 3.05) is 0 Å². The van der Waals surface area contributed by atoms with Crippen LogP contribution in [0, 0.1) is 6.92 Å². The third kappa shape index (κ3) is 3.16. The molecule has 0 aliphatic carbocycles. The number of hydrogen-bond donors (Lipinski definition) is 0. The van der Waals surface area contributed by atoms with E-state index in [-0.39, 0.29) is 0 Å². The molecule has 0 heterocycles. The first-order valence-corrected chi connectivity index (χ1v) is 6.78. The zero-order valence-corrected chi connectivity index (χ0v) is 12.2. The van der Waals surface area contributed by atoms with E-state index in [1.54, 1.807) is 0 Å². The van der Waals surface area contributed by atoms with Crippen molar-refractivity contribution in [3.8, 4) is 11.1 Å². The minimum absolute atomic E-state index is 1.03. The smallest absolute Gasteiger partial charge is 0.0105 e. The molecule has 100 valence electrons. The molecule has 0 heteroatoms. The lowest BCUT2D eigenvalue weighted by molar-refractivity contribution is 1.46. The molecule has 2 aromatic carbocycles. The van der Waals surface area contributed by atoms with Crippen molar-refractivity contribution in [3.63, 3.8) is 0 Å². The second-order valence-corrected chi connectivity index (χ2v) is 5.07. The summed E-state index contributed by atoms with van der Waals surface area (Å²) in [4.78, 5) is 0. The van der Waals surface area contributed by atoms with Crippen molar-refractivity contribution in [1.29, 1.82) is 0 Å². The summed E-state index contributed by atoms with van der Waals surface area (Å²) < 4.78 is 0. The van der Waals surface area contributed by atoms with Crippen LogP contribution < -0.4 is 0 Å². The first-order valence-electron chi connectivity index (χ1n) is 6.78. The third-order valence-electron chi connectivity index (χ3n) is 3.19. The summed E-state index contributed by atoms with van der Waals surface area (Å²) in [6, 6.07) is 17.0. The molecule has 0 amide bonds. The van der Waals surface area contributed by atoms with Crippen molar-refractivity contribution in [2.45, 2.75) is 13.8 Å². The normalized spacial score (nSPS) is 11.2. The zero-order valence-electron chi connectivity index (χ0n) is 12.2. The van der Waals surface area contributed by atoms with Gasteiger partial charge in [-0.2, -0.15) is 0 Å². The summed E-state index contributed by atoms with van der Waals surface area (Å²) in [5.41, 5.74) is 7.05. The van der Waals surface area contributed by atoms with E-state index < -0.39 is 0 Å². The van der Waals surface area contributed by atoms with E-state index in [4.69, 9.17) is 0 Å². The summed E-state index contributed by atoms with van der Waals surface area (Å²) >= 11 is 0. The quantitative estimate of drug-likeness (QED) is 0.609. The third-order valence-corrected chi connectivity index (χ3v) is 3.19. The standard InChI is InChI=1S/C20H20/c1-5-17(13-15(2)3)19-11-6-7-12-20(19)18-10-8-9-16(4)14-18/h5-14H,1-2H2,3-4H3/b17-13+. The highest BCUT2D eigenvalue weighted by molar-refractivity contribution is 5.86. The Bertz CT molecular complexity index is 672. The fourth-order valence-electron chi connectivity index (χ4n) is 2.31. The average Bonchev–Trinajstić information content (AvgIpc) is 2.44. The molecule has 2 aromatic rings. The SMILES string of the molecule is C=C/C(=C\C(=C)C)c1ccccc1-c1cccc(C)c1. The van der Waals surface area contributed by atoms with Gasteiger partial charge in [-0.25, -0.2) is 0 Å². The molecule has 2 rings (SSSR count). The lowest BCUT2D eigenvalue weighted by atomic mass is 9.93. The summed E-state index contributed by atoms with van der Waals surface area (Å²) in [5.74, 6) is 0. The summed E-state index contributed by atoms with van der Waals surface area (Å²) in [6.07, 6.45) is 3.96. The fraction of sp³-hybridized carbons (Fsp3) is 0.100. The topological polar surface area (TPSA) is 0 Å². The van der Waals surface area contributed by atoms with E-state index >= 15 is 0 Å². The van der Waals surface area contributed by atoms with Gasteiger partial charge in [0.05, 0.1) is 0 Å². The maximum Gasteiger partial charge on any atom is -0.0105 e. The van der Waals surface area contributed by atoms with Gasteiger partial charge in [0.1, 0.15) is 0 Å². The van der Waals surface area contributed by atoms with Crippen LogP contribution in [-0.2, 0) is 0 Å². The van der Waals surface area contributed by atoms with Crippen LogP contribution in [0.5, 0.6) is 0 Å². The Hall–Kier alpha value is -2.34. The number of hydrogen-bond acceptors (Lipinski definition) is 0. The van der Waals surface area contributed by atoms with Gasteiger partial charge in [-0.1, -0.05) is 85.0 Å². The van der Waals surface area contributed by atoms with Crippen LogP contribution in [0.15, 0.2) is 79.4 Å². The minimum atomic E-state index is 1.03. The van der Waals surface area contributed by atoms with E-state index in [0.29, 0.717) is 0 Å². The lowest BCUT2D eigenvalue weighted by Crippen LogP contribution is -1.88. The molecule has 0 nitrogen and oxygen atoms in total. The van der Waals surface area contributed by atoms with Crippen molar-refractivity contribution >= 4 is 5.57 Å². The molecule has 0 radical (unpaired) electrons. The van der Waals surface area contributed by atoms with Crippen LogP contribution >= 0.6 is 0 Å². The monoisotopic (exact) mass is 260 g/mol. The molecule has 0 bridgehead atoms. The van der Waals surface area contributed by atoms with Crippen LogP contribution in [0.1, 0.15) is 18.1 Å². The van der Waals surface area contributed by atoms with E-state index in [1.165, 1.54) is 22.3 Å². The molecule has 0 saturated heterocycles. The molecule has 0 N–H and O–H groups in total. The molecular weight excluding hydrogens is 240 g/mol. The summed E-state index contributed by atoms with van der Waals surface area (Å²) in [6.45, 7) is 12.0. The first kappa shape index (κ1) is 14.1. The predicted molar refractivity (Wildman–Crippen MR) is 89.6 cm³/mol. The minimum Gasteiger partial charge on any atom is -0.0984 e. The zero-order chi connectivity index (χ0) is 14.5. The van der Waals surface area contributed by atoms with Crippen LogP contribution in [0.25, 0.3) is 16.7 Å². The van der Waals surface area contributed by atoms with Gasteiger partial charge < -0.3 is 0 Å². The average molecular weight is 260 g/mol. The van der Waals surface area contributed by atoms with E-state index in [0.717, 1.165) is 11.1 Å². The highest BCUT2D eigenvalue weighted by atomic mass is 14.1. The predicted octanol–water partition coefficient (Wildman–Crippen LogP) is 5.81. The van der Waals surface area contributed by atoms with E-state index in [2.05, 4.69) is 74.7 Å². The Morgan fingerprint density at radius 2 is 1.80 bits per heavy atom.